The van der Waals surface area contributed by atoms with Crippen LogP contribution in [0.15, 0.2) is 0 Å². The maximum atomic E-state index is 10.1. The Morgan fingerprint density at radius 3 is 2.55 bits per heavy atom. The first-order valence-corrected chi connectivity index (χ1v) is 4.33. The average molecular weight is 179 g/mol. The molecule has 0 spiro atoms. The molecule has 66 valence electrons. The number of carbonyl (C=O) groups is 1. The molecule has 11 heavy (non-hydrogen) atoms. The molecule has 0 saturated heterocycles. The lowest BCUT2D eigenvalue weighted by Crippen LogP contribution is -1.97. The summed E-state index contributed by atoms with van der Waals surface area (Å²) < 4.78 is 4.55. The number of carbonyl (C=O) groups excluding carboxylic acids is 1. The molecule has 0 bridgehead atoms. The predicted octanol–water partition coefficient (Wildman–Crippen LogP) is 3.19. The molecular formula is C8H15ClO2. The predicted molar refractivity (Wildman–Crippen MR) is 45.9 cm³/mol. The highest BCUT2D eigenvalue weighted by Crippen LogP contribution is 2.06. The summed E-state index contributed by atoms with van der Waals surface area (Å²) in [4.78, 5) is 10.1. The van der Waals surface area contributed by atoms with Crippen LogP contribution >= 0.6 is 11.6 Å². The van der Waals surface area contributed by atoms with E-state index in [2.05, 4.69) is 18.6 Å². The van der Waals surface area contributed by atoms with Gasteiger partial charge in [0.2, 0.25) is 0 Å². The third-order valence-corrected chi connectivity index (χ3v) is 1.50. The minimum Gasteiger partial charge on any atom is -0.454 e. The first kappa shape index (κ1) is 10.8. The molecule has 0 aromatic carbocycles. The number of ether oxygens (including phenoxy) is 1. The Bertz CT molecular complexity index is 113. The smallest absolute Gasteiger partial charge is 0.403 e. The minimum absolute atomic E-state index is 0.453. The van der Waals surface area contributed by atoms with Crippen molar-refractivity contribution in [3.8, 4) is 0 Å². The van der Waals surface area contributed by atoms with Crippen LogP contribution < -0.4 is 0 Å². The summed E-state index contributed by atoms with van der Waals surface area (Å²) in [5.41, 5.74) is -0.699. The zero-order chi connectivity index (χ0) is 8.69. The molecule has 0 rings (SSSR count). The van der Waals surface area contributed by atoms with Gasteiger partial charge in [0, 0.05) is 11.6 Å². The molecule has 2 nitrogen and oxygen atoms in total. The second-order valence-electron chi connectivity index (χ2n) is 2.98. The van der Waals surface area contributed by atoms with Gasteiger partial charge in [0.15, 0.2) is 0 Å². The molecule has 0 fully saturated rings. The molecule has 0 aliphatic rings. The van der Waals surface area contributed by atoms with Crippen LogP contribution in [0.3, 0.4) is 0 Å². The Labute approximate surface area is 72.9 Å². The fraction of sp³-hybridized carbons (Fsp3) is 0.875. The summed E-state index contributed by atoms with van der Waals surface area (Å²) in [5, 5.41) is 0. The maximum absolute atomic E-state index is 10.1. The van der Waals surface area contributed by atoms with Gasteiger partial charge in [-0.15, -0.1) is 0 Å². The van der Waals surface area contributed by atoms with Gasteiger partial charge in [-0.05, 0) is 18.8 Å². The van der Waals surface area contributed by atoms with Crippen LogP contribution in [0.4, 0.5) is 4.79 Å². The van der Waals surface area contributed by atoms with E-state index in [0.717, 1.165) is 18.8 Å². The van der Waals surface area contributed by atoms with E-state index in [-0.39, 0.29) is 0 Å². The van der Waals surface area contributed by atoms with Crippen LogP contribution in [0.25, 0.3) is 0 Å². The van der Waals surface area contributed by atoms with Crippen molar-refractivity contribution in [1.29, 1.82) is 0 Å². The molecular weight excluding hydrogens is 164 g/mol. The Morgan fingerprint density at radius 1 is 1.45 bits per heavy atom. The summed E-state index contributed by atoms with van der Waals surface area (Å²) in [6.07, 6.45) is 3.19. The molecule has 0 aromatic heterocycles. The minimum atomic E-state index is -0.699. The molecule has 0 aromatic rings. The quantitative estimate of drug-likeness (QED) is 0.478. The highest BCUT2D eigenvalue weighted by Gasteiger charge is 1.96. The van der Waals surface area contributed by atoms with Crippen LogP contribution in [-0.2, 0) is 4.74 Å². The second-order valence-corrected chi connectivity index (χ2v) is 3.28. The normalized spacial score (nSPS) is 10.2. The lowest BCUT2D eigenvalue weighted by atomic mass is 10.1. The molecule has 0 aliphatic heterocycles. The Hall–Kier alpha value is -0.240. The summed E-state index contributed by atoms with van der Waals surface area (Å²) in [6.45, 7) is 4.80. The van der Waals surface area contributed by atoms with E-state index in [9.17, 15) is 4.79 Å². The van der Waals surface area contributed by atoms with Crippen LogP contribution in [-0.4, -0.2) is 12.0 Å². The first-order chi connectivity index (χ1) is 5.13. The molecule has 0 heterocycles. The molecule has 3 heteroatoms. The second kappa shape index (κ2) is 6.47. The molecule has 0 amide bonds. The van der Waals surface area contributed by atoms with Crippen molar-refractivity contribution in [2.24, 2.45) is 5.92 Å². The van der Waals surface area contributed by atoms with Crippen molar-refractivity contribution in [3.05, 3.63) is 0 Å². The first-order valence-electron chi connectivity index (χ1n) is 3.95. The standard InChI is InChI=1S/C8H15ClO2/c1-7(2)5-3-4-6-11-8(9)10/h7H,3-6H2,1-2H3. The topological polar surface area (TPSA) is 26.3 Å². The van der Waals surface area contributed by atoms with Gasteiger partial charge in [0.05, 0.1) is 6.61 Å². The number of unbranched alkanes of at least 4 members (excludes halogenated alkanes) is 1. The van der Waals surface area contributed by atoms with E-state index in [1.165, 1.54) is 6.42 Å². The van der Waals surface area contributed by atoms with Crippen molar-refractivity contribution in [2.75, 3.05) is 6.61 Å². The Balaban J connectivity index is 2.97. The highest BCUT2D eigenvalue weighted by atomic mass is 35.5. The van der Waals surface area contributed by atoms with Crippen molar-refractivity contribution in [2.45, 2.75) is 33.1 Å². The van der Waals surface area contributed by atoms with Crippen LogP contribution in [0.5, 0.6) is 0 Å². The van der Waals surface area contributed by atoms with E-state index >= 15 is 0 Å². The average Bonchev–Trinajstić information content (AvgIpc) is 1.85. The Morgan fingerprint density at radius 2 is 2.09 bits per heavy atom. The van der Waals surface area contributed by atoms with Crippen molar-refractivity contribution in [3.63, 3.8) is 0 Å². The number of hydrogen-bond acceptors (Lipinski definition) is 2. The molecule has 0 N–H and O–H groups in total. The van der Waals surface area contributed by atoms with Crippen LogP contribution in [0, 0.1) is 5.92 Å². The fourth-order valence-corrected chi connectivity index (χ4v) is 0.884. The lowest BCUT2D eigenvalue weighted by molar-refractivity contribution is 0.170. The van der Waals surface area contributed by atoms with Gasteiger partial charge >= 0.3 is 5.43 Å². The van der Waals surface area contributed by atoms with E-state index < -0.39 is 5.43 Å². The summed E-state index contributed by atoms with van der Waals surface area (Å²) in [6, 6.07) is 0. The maximum Gasteiger partial charge on any atom is 0.403 e. The van der Waals surface area contributed by atoms with Gasteiger partial charge in [-0.25, -0.2) is 4.79 Å². The molecule has 0 saturated carbocycles. The van der Waals surface area contributed by atoms with Gasteiger partial charge in [0.25, 0.3) is 0 Å². The van der Waals surface area contributed by atoms with Gasteiger partial charge in [-0.2, -0.15) is 0 Å². The summed E-state index contributed by atoms with van der Waals surface area (Å²) in [5.74, 6) is 0.724. The zero-order valence-electron chi connectivity index (χ0n) is 7.10. The van der Waals surface area contributed by atoms with Crippen molar-refractivity contribution >= 4 is 17.0 Å². The lowest BCUT2D eigenvalue weighted by Gasteiger charge is -2.03. The van der Waals surface area contributed by atoms with E-state index in [1.54, 1.807) is 0 Å². The number of halogens is 1. The van der Waals surface area contributed by atoms with Gasteiger partial charge in [0.1, 0.15) is 0 Å². The summed E-state index contributed by atoms with van der Waals surface area (Å²) >= 11 is 4.96. The van der Waals surface area contributed by atoms with Gasteiger partial charge in [-0.3, -0.25) is 0 Å². The summed E-state index contributed by atoms with van der Waals surface area (Å²) in [7, 11) is 0. The van der Waals surface area contributed by atoms with Gasteiger partial charge in [-0.1, -0.05) is 20.3 Å². The largest absolute Gasteiger partial charge is 0.454 e. The van der Waals surface area contributed by atoms with Crippen LogP contribution in [0.1, 0.15) is 33.1 Å². The van der Waals surface area contributed by atoms with E-state index in [4.69, 9.17) is 11.6 Å². The molecule has 0 atom stereocenters. The fourth-order valence-electron chi connectivity index (χ4n) is 0.807. The highest BCUT2D eigenvalue weighted by molar-refractivity contribution is 6.61. The van der Waals surface area contributed by atoms with Crippen LogP contribution in [0.2, 0.25) is 0 Å². The third-order valence-electron chi connectivity index (χ3n) is 1.39. The molecule has 0 unspecified atom stereocenters. The number of rotatable bonds is 5. The van der Waals surface area contributed by atoms with E-state index in [0.29, 0.717) is 6.61 Å². The van der Waals surface area contributed by atoms with E-state index in [1.807, 2.05) is 0 Å². The molecule has 0 aliphatic carbocycles. The molecule has 0 radical (unpaired) electrons. The van der Waals surface area contributed by atoms with Crippen molar-refractivity contribution in [1.82, 2.24) is 0 Å². The zero-order valence-corrected chi connectivity index (χ0v) is 7.86. The number of hydrogen-bond donors (Lipinski definition) is 0. The van der Waals surface area contributed by atoms with Gasteiger partial charge < -0.3 is 4.74 Å². The Kier molecular flexibility index (Phi) is 6.33. The van der Waals surface area contributed by atoms with Crippen molar-refractivity contribution < 1.29 is 9.53 Å². The SMILES string of the molecule is CC(C)CCCCOC(=O)Cl. The third kappa shape index (κ3) is 9.76. The monoisotopic (exact) mass is 178 g/mol.